The van der Waals surface area contributed by atoms with E-state index in [1.807, 2.05) is 6.92 Å². The number of carbonyl (C=O) groups excluding carboxylic acids is 1. The zero-order valence-corrected chi connectivity index (χ0v) is 9.30. The number of ether oxygens (including phenoxy) is 3. The molecular formula is C10H18O5. The summed E-state index contributed by atoms with van der Waals surface area (Å²) >= 11 is 0. The number of hydrogen-bond donors (Lipinski definition) is 1. The highest BCUT2D eigenvalue weighted by molar-refractivity contribution is 5.65. The minimum Gasteiger partial charge on any atom is -0.463 e. The van der Waals surface area contributed by atoms with Crippen molar-refractivity contribution in [1.82, 2.24) is 0 Å². The quantitative estimate of drug-likeness (QED) is 0.690. The van der Waals surface area contributed by atoms with E-state index in [0.29, 0.717) is 6.42 Å². The van der Waals surface area contributed by atoms with Crippen molar-refractivity contribution in [2.75, 3.05) is 13.7 Å². The van der Waals surface area contributed by atoms with Gasteiger partial charge in [-0.15, -0.1) is 0 Å². The molecule has 3 unspecified atom stereocenters. The van der Waals surface area contributed by atoms with Crippen LogP contribution in [-0.4, -0.2) is 43.3 Å². The van der Waals surface area contributed by atoms with Gasteiger partial charge in [0, 0.05) is 26.4 Å². The van der Waals surface area contributed by atoms with Crippen LogP contribution in [0.1, 0.15) is 20.3 Å². The molecule has 0 aromatic carbocycles. The molecule has 4 atom stereocenters. The molecule has 1 aliphatic rings. The lowest BCUT2D eigenvalue weighted by Gasteiger charge is -2.36. The molecule has 1 aliphatic heterocycles. The summed E-state index contributed by atoms with van der Waals surface area (Å²) in [5.74, 6) is -0.413. The molecule has 5 heteroatoms. The van der Waals surface area contributed by atoms with Crippen LogP contribution in [-0.2, 0) is 19.0 Å². The average molecular weight is 218 g/mol. The Morgan fingerprint density at radius 1 is 1.60 bits per heavy atom. The summed E-state index contributed by atoms with van der Waals surface area (Å²) in [5, 5.41) is 9.57. The van der Waals surface area contributed by atoms with Gasteiger partial charge in [-0.05, 0) is 0 Å². The third kappa shape index (κ3) is 3.44. The molecule has 1 rings (SSSR count). The SMILES string of the molecule is CO[C@@H]1CC(COC(C)=O)OC(O)C1C. The van der Waals surface area contributed by atoms with Gasteiger partial charge < -0.3 is 19.3 Å². The maximum absolute atomic E-state index is 10.6. The average Bonchev–Trinajstić information content (AvgIpc) is 2.19. The predicted octanol–water partition coefficient (Wildman–Crippen LogP) is 0.308. The van der Waals surface area contributed by atoms with Crippen molar-refractivity contribution < 1.29 is 24.1 Å². The van der Waals surface area contributed by atoms with Gasteiger partial charge in [-0.2, -0.15) is 0 Å². The molecule has 0 aliphatic carbocycles. The molecule has 0 spiro atoms. The van der Waals surface area contributed by atoms with Crippen molar-refractivity contribution >= 4 is 5.97 Å². The molecule has 1 N–H and O–H groups in total. The lowest BCUT2D eigenvalue weighted by molar-refractivity contribution is -0.233. The van der Waals surface area contributed by atoms with Crippen LogP contribution in [0.4, 0.5) is 0 Å². The van der Waals surface area contributed by atoms with Crippen LogP contribution in [0.15, 0.2) is 0 Å². The standard InChI is InChI=1S/C10H18O5/c1-6-9(13-3)4-8(15-10(6)12)5-14-7(2)11/h6,8-10,12H,4-5H2,1-3H3/t6?,8?,9-,10?/m1/s1. The molecule has 5 nitrogen and oxygen atoms in total. The molecule has 1 saturated heterocycles. The molecule has 88 valence electrons. The Morgan fingerprint density at radius 2 is 2.27 bits per heavy atom. The van der Waals surface area contributed by atoms with Crippen molar-refractivity contribution in [3.8, 4) is 0 Å². The molecule has 0 amide bonds. The molecule has 15 heavy (non-hydrogen) atoms. The van der Waals surface area contributed by atoms with E-state index in [0.717, 1.165) is 0 Å². The summed E-state index contributed by atoms with van der Waals surface area (Å²) < 4.78 is 15.3. The Hall–Kier alpha value is -0.650. The van der Waals surface area contributed by atoms with Gasteiger partial charge >= 0.3 is 5.97 Å². The smallest absolute Gasteiger partial charge is 0.302 e. The van der Waals surface area contributed by atoms with Gasteiger partial charge in [0.25, 0.3) is 0 Å². The fraction of sp³-hybridized carbons (Fsp3) is 0.900. The van der Waals surface area contributed by atoms with E-state index < -0.39 is 6.29 Å². The number of carbonyl (C=O) groups is 1. The number of aliphatic hydroxyl groups is 1. The first kappa shape index (κ1) is 12.4. The van der Waals surface area contributed by atoms with Crippen molar-refractivity contribution in [1.29, 1.82) is 0 Å². The molecule has 1 fully saturated rings. The number of hydrogen-bond acceptors (Lipinski definition) is 5. The Labute approximate surface area is 89.3 Å². The van der Waals surface area contributed by atoms with E-state index in [-0.39, 0.29) is 30.7 Å². The summed E-state index contributed by atoms with van der Waals surface area (Å²) in [6.45, 7) is 3.37. The lowest BCUT2D eigenvalue weighted by Crippen LogP contribution is -2.45. The summed E-state index contributed by atoms with van der Waals surface area (Å²) in [7, 11) is 1.60. The fourth-order valence-corrected chi connectivity index (χ4v) is 1.66. The molecule has 0 aromatic rings. The van der Waals surface area contributed by atoms with Crippen molar-refractivity contribution in [2.45, 2.75) is 38.8 Å². The molecule has 1 heterocycles. The second-order valence-corrected chi connectivity index (χ2v) is 3.82. The molecule has 0 bridgehead atoms. The molecule has 0 radical (unpaired) electrons. The predicted molar refractivity (Wildman–Crippen MR) is 52.1 cm³/mol. The third-order valence-corrected chi connectivity index (χ3v) is 2.64. The van der Waals surface area contributed by atoms with Gasteiger partial charge in [0.15, 0.2) is 6.29 Å². The van der Waals surface area contributed by atoms with Crippen molar-refractivity contribution in [2.24, 2.45) is 5.92 Å². The lowest BCUT2D eigenvalue weighted by atomic mass is 9.95. The highest BCUT2D eigenvalue weighted by atomic mass is 16.6. The van der Waals surface area contributed by atoms with E-state index in [1.165, 1.54) is 6.92 Å². The summed E-state index contributed by atoms with van der Waals surface area (Å²) in [4.78, 5) is 10.6. The summed E-state index contributed by atoms with van der Waals surface area (Å²) in [6.07, 6.45) is -0.578. The van der Waals surface area contributed by atoms with Crippen LogP contribution in [0.2, 0.25) is 0 Å². The van der Waals surface area contributed by atoms with Crippen LogP contribution in [0, 0.1) is 5.92 Å². The van der Waals surface area contributed by atoms with Gasteiger partial charge in [0.2, 0.25) is 0 Å². The molecule has 0 saturated carbocycles. The Kier molecular flexibility index (Phi) is 4.50. The summed E-state index contributed by atoms with van der Waals surface area (Å²) in [6, 6.07) is 0. The van der Waals surface area contributed by atoms with E-state index in [1.54, 1.807) is 7.11 Å². The minimum atomic E-state index is -0.857. The first-order valence-electron chi connectivity index (χ1n) is 5.04. The van der Waals surface area contributed by atoms with E-state index in [2.05, 4.69) is 0 Å². The van der Waals surface area contributed by atoms with Gasteiger partial charge in [-0.1, -0.05) is 6.92 Å². The highest BCUT2D eigenvalue weighted by Gasteiger charge is 2.35. The van der Waals surface area contributed by atoms with E-state index >= 15 is 0 Å². The normalized spacial score (nSPS) is 36.3. The molecular weight excluding hydrogens is 200 g/mol. The van der Waals surface area contributed by atoms with Crippen molar-refractivity contribution in [3.63, 3.8) is 0 Å². The zero-order chi connectivity index (χ0) is 11.4. The van der Waals surface area contributed by atoms with Gasteiger partial charge in [-0.3, -0.25) is 4.79 Å². The fourth-order valence-electron chi connectivity index (χ4n) is 1.66. The van der Waals surface area contributed by atoms with E-state index in [9.17, 15) is 9.90 Å². The van der Waals surface area contributed by atoms with Crippen LogP contribution >= 0.6 is 0 Å². The maximum atomic E-state index is 10.6. The minimum absolute atomic E-state index is 0.0608. The van der Waals surface area contributed by atoms with Crippen LogP contribution in [0.25, 0.3) is 0 Å². The van der Waals surface area contributed by atoms with Crippen LogP contribution in [0.5, 0.6) is 0 Å². The van der Waals surface area contributed by atoms with Gasteiger partial charge in [0.1, 0.15) is 6.61 Å². The van der Waals surface area contributed by atoms with E-state index in [4.69, 9.17) is 14.2 Å². The van der Waals surface area contributed by atoms with Gasteiger partial charge in [0.05, 0.1) is 12.2 Å². The second kappa shape index (κ2) is 5.44. The first-order valence-corrected chi connectivity index (χ1v) is 5.04. The number of aliphatic hydroxyl groups excluding tert-OH is 1. The van der Waals surface area contributed by atoms with Gasteiger partial charge in [-0.25, -0.2) is 0 Å². The molecule has 0 aromatic heterocycles. The maximum Gasteiger partial charge on any atom is 0.302 e. The Morgan fingerprint density at radius 3 is 2.80 bits per heavy atom. The first-order chi connectivity index (χ1) is 7.04. The van der Waals surface area contributed by atoms with Crippen LogP contribution < -0.4 is 0 Å². The summed E-state index contributed by atoms with van der Waals surface area (Å²) in [5.41, 5.74) is 0. The zero-order valence-electron chi connectivity index (χ0n) is 9.30. The highest BCUT2D eigenvalue weighted by Crippen LogP contribution is 2.26. The van der Waals surface area contributed by atoms with Crippen molar-refractivity contribution in [3.05, 3.63) is 0 Å². The van der Waals surface area contributed by atoms with Crippen LogP contribution in [0.3, 0.4) is 0 Å². The number of esters is 1. The topological polar surface area (TPSA) is 65.0 Å². The monoisotopic (exact) mass is 218 g/mol. The third-order valence-electron chi connectivity index (χ3n) is 2.64. The second-order valence-electron chi connectivity index (χ2n) is 3.82. The number of rotatable bonds is 3. The Balaban J connectivity index is 2.44. The number of methoxy groups -OCH3 is 1. The Bertz CT molecular complexity index is 218. The largest absolute Gasteiger partial charge is 0.463 e.